The second-order valence-corrected chi connectivity index (χ2v) is 6.14. The van der Waals surface area contributed by atoms with Crippen LogP contribution in [-0.4, -0.2) is 48.6 Å². The number of hydrogen-bond donors (Lipinski definition) is 2. The van der Waals surface area contributed by atoms with E-state index in [0.717, 1.165) is 25.9 Å². The number of carbonyl (C=O) groups is 1. The number of carbonyl (C=O) groups excluding carboxylic acids is 1. The summed E-state index contributed by atoms with van der Waals surface area (Å²) in [5.41, 5.74) is 0. The summed E-state index contributed by atoms with van der Waals surface area (Å²) >= 11 is 0. The molecule has 0 aromatic heterocycles. The Balaban J connectivity index is 2.47. The van der Waals surface area contributed by atoms with Gasteiger partial charge in [-0.3, -0.25) is 9.69 Å². The van der Waals surface area contributed by atoms with E-state index < -0.39 is 0 Å². The molecule has 0 aromatic rings. The molecule has 3 atom stereocenters. The van der Waals surface area contributed by atoms with Crippen molar-refractivity contribution in [1.82, 2.24) is 15.5 Å². The van der Waals surface area contributed by atoms with Crippen LogP contribution >= 0.6 is 0 Å². The summed E-state index contributed by atoms with van der Waals surface area (Å²) in [6.45, 7) is 11.2. The van der Waals surface area contributed by atoms with Gasteiger partial charge in [-0.15, -0.1) is 0 Å². The first-order valence-corrected chi connectivity index (χ1v) is 8.35. The second kappa shape index (κ2) is 9.35. The van der Waals surface area contributed by atoms with Crippen molar-refractivity contribution in [2.24, 2.45) is 0 Å². The molecule has 1 amide bonds. The lowest BCUT2D eigenvalue weighted by Crippen LogP contribution is -2.54. The Morgan fingerprint density at radius 3 is 2.70 bits per heavy atom. The Morgan fingerprint density at radius 2 is 2.05 bits per heavy atom. The van der Waals surface area contributed by atoms with E-state index in [9.17, 15) is 4.79 Å². The van der Waals surface area contributed by atoms with Gasteiger partial charge < -0.3 is 10.6 Å². The van der Waals surface area contributed by atoms with Gasteiger partial charge in [0.25, 0.3) is 0 Å². The maximum atomic E-state index is 12.1. The number of likely N-dealkylation sites (N-methyl/N-ethyl adjacent to an activating group) is 1. The Kier molecular flexibility index (Phi) is 8.15. The van der Waals surface area contributed by atoms with Crippen LogP contribution in [0.4, 0.5) is 0 Å². The van der Waals surface area contributed by atoms with Gasteiger partial charge >= 0.3 is 0 Å². The average molecular weight is 283 g/mol. The van der Waals surface area contributed by atoms with Crippen molar-refractivity contribution in [3.63, 3.8) is 0 Å². The van der Waals surface area contributed by atoms with Crippen LogP contribution in [-0.2, 0) is 4.79 Å². The summed E-state index contributed by atoms with van der Waals surface area (Å²) in [6.07, 6.45) is 5.87. The van der Waals surface area contributed by atoms with Gasteiger partial charge in [0.1, 0.15) is 0 Å². The summed E-state index contributed by atoms with van der Waals surface area (Å²) < 4.78 is 0. The van der Waals surface area contributed by atoms with Crippen LogP contribution in [0.2, 0.25) is 0 Å². The highest BCUT2D eigenvalue weighted by molar-refractivity contribution is 5.78. The molecule has 1 saturated heterocycles. The predicted octanol–water partition coefficient (Wildman–Crippen LogP) is 2.14. The van der Waals surface area contributed by atoms with Crippen LogP contribution in [0.15, 0.2) is 0 Å². The van der Waals surface area contributed by atoms with E-state index >= 15 is 0 Å². The molecule has 20 heavy (non-hydrogen) atoms. The minimum absolute atomic E-state index is 0.182. The first kappa shape index (κ1) is 17.4. The van der Waals surface area contributed by atoms with Gasteiger partial charge in [0.2, 0.25) is 5.91 Å². The van der Waals surface area contributed by atoms with Crippen molar-refractivity contribution in [3.8, 4) is 0 Å². The lowest BCUT2D eigenvalue weighted by Gasteiger charge is -2.39. The Labute approximate surface area is 124 Å². The molecular weight excluding hydrogens is 250 g/mol. The van der Waals surface area contributed by atoms with Crippen molar-refractivity contribution < 1.29 is 4.79 Å². The van der Waals surface area contributed by atoms with E-state index in [2.05, 4.69) is 43.2 Å². The van der Waals surface area contributed by atoms with Crippen LogP contribution < -0.4 is 10.6 Å². The van der Waals surface area contributed by atoms with Crippen LogP contribution in [0.1, 0.15) is 59.8 Å². The molecule has 1 aliphatic heterocycles. The molecule has 0 aliphatic carbocycles. The molecule has 3 unspecified atom stereocenters. The minimum Gasteiger partial charge on any atom is -0.353 e. The largest absolute Gasteiger partial charge is 0.353 e. The zero-order chi connectivity index (χ0) is 15.0. The number of amides is 1. The van der Waals surface area contributed by atoms with E-state index in [1.165, 1.54) is 19.3 Å². The van der Waals surface area contributed by atoms with Gasteiger partial charge in [-0.1, -0.05) is 26.7 Å². The lowest BCUT2D eigenvalue weighted by atomic mass is 9.96. The minimum atomic E-state index is 0.182. The number of piperidine rings is 1. The van der Waals surface area contributed by atoms with Gasteiger partial charge in [-0.05, 0) is 46.2 Å². The fraction of sp³-hybridized carbons (Fsp3) is 0.938. The third kappa shape index (κ3) is 5.80. The summed E-state index contributed by atoms with van der Waals surface area (Å²) in [6, 6.07) is 1.25. The number of likely N-dealkylation sites (tertiary alicyclic amines) is 1. The first-order chi connectivity index (χ1) is 9.58. The van der Waals surface area contributed by atoms with E-state index in [1.54, 1.807) is 0 Å². The lowest BCUT2D eigenvalue weighted by molar-refractivity contribution is -0.124. The number of hydrogen-bond acceptors (Lipinski definition) is 3. The SMILES string of the molecule is CCCC(C)NC(=O)CN1CCCCC1C(C)NCC. The number of rotatable bonds is 8. The van der Waals surface area contributed by atoms with Crippen molar-refractivity contribution in [1.29, 1.82) is 0 Å². The second-order valence-electron chi connectivity index (χ2n) is 6.14. The van der Waals surface area contributed by atoms with Crippen molar-refractivity contribution >= 4 is 5.91 Å². The molecule has 1 fully saturated rings. The van der Waals surface area contributed by atoms with Gasteiger partial charge in [0.15, 0.2) is 0 Å². The van der Waals surface area contributed by atoms with Crippen LogP contribution in [0.5, 0.6) is 0 Å². The van der Waals surface area contributed by atoms with Gasteiger partial charge in [0.05, 0.1) is 6.54 Å². The quantitative estimate of drug-likeness (QED) is 0.717. The molecule has 1 aliphatic rings. The standard InChI is InChI=1S/C16H33N3O/c1-5-9-13(3)18-16(20)12-19-11-8-7-10-15(19)14(4)17-6-2/h13-15,17H,5-12H2,1-4H3,(H,18,20). The summed E-state index contributed by atoms with van der Waals surface area (Å²) in [7, 11) is 0. The first-order valence-electron chi connectivity index (χ1n) is 8.35. The van der Waals surface area contributed by atoms with Gasteiger partial charge in [-0.25, -0.2) is 0 Å². The fourth-order valence-electron chi connectivity index (χ4n) is 3.25. The van der Waals surface area contributed by atoms with E-state index in [-0.39, 0.29) is 5.91 Å². The molecule has 0 bridgehead atoms. The van der Waals surface area contributed by atoms with Crippen molar-refractivity contribution in [2.75, 3.05) is 19.6 Å². The molecule has 1 rings (SSSR count). The fourth-order valence-corrected chi connectivity index (χ4v) is 3.25. The molecule has 0 saturated carbocycles. The third-order valence-electron chi connectivity index (χ3n) is 4.24. The number of nitrogens with zero attached hydrogens (tertiary/aromatic N) is 1. The Morgan fingerprint density at radius 1 is 1.30 bits per heavy atom. The highest BCUT2D eigenvalue weighted by Gasteiger charge is 2.28. The molecular formula is C16H33N3O. The summed E-state index contributed by atoms with van der Waals surface area (Å²) in [5, 5.41) is 6.62. The average Bonchev–Trinajstić information content (AvgIpc) is 2.39. The molecule has 4 nitrogen and oxygen atoms in total. The van der Waals surface area contributed by atoms with E-state index in [0.29, 0.717) is 24.7 Å². The van der Waals surface area contributed by atoms with Gasteiger partial charge in [-0.2, -0.15) is 0 Å². The molecule has 118 valence electrons. The van der Waals surface area contributed by atoms with Crippen molar-refractivity contribution in [3.05, 3.63) is 0 Å². The topological polar surface area (TPSA) is 44.4 Å². The molecule has 0 spiro atoms. The highest BCUT2D eigenvalue weighted by atomic mass is 16.2. The summed E-state index contributed by atoms with van der Waals surface area (Å²) in [5.74, 6) is 0.182. The maximum Gasteiger partial charge on any atom is 0.234 e. The molecule has 4 heteroatoms. The molecule has 0 radical (unpaired) electrons. The third-order valence-corrected chi connectivity index (χ3v) is 4.24. The van der Waals surface area contributed by atoms with Crippen LogP contribution in [0.3, 0.4) is 0 Å². The molecule has 0 aromatic carbocycles. The predicted molar refractivity (Wildman–Crippen MR) is 84.9 cm³/mol. The monoisotopic (exact) mass is 283 g/mol. The zero-order valence-corrected chi connectivity index (χ0v) is 13.7. The smallest absolute Gasteiger partial charge is 0.234 e. The normalized spacial score (nSPS) is 23.3. The van der Waals surface area contributed by atoms with E-state index in [1.807, 2.05) is 0 Å². The Hall–Kier alpha value is -0.610. The highest BCUT2D eigenvalue weighted by Crippen LogP contribution is 2.19. The van der Waals surface area contributed by atoms with Gasteiger partial charge in [0, 0.05) is 18.1 Å². The summed E-state index contributed by atoms with van der Waals surface area (Å²) in [4.78, 5) is 14.5. The van der Waals surface area contributed by atoms with Crippen molar-refractivity contribution in [2.45, 2.75) is 77.9 Å². The Bertz CT molecular complexity index is 283. The zero-order valence-electron chi connectivity index (χ0n) is 13.7. The number of nitrogens with one attached hydrogen (secondary N) is 2. The van der Waals surface area contributed by atoms with E-state index in [4.69, 9.17) is 0 Å². The maximum absolute atomic E-state index is 12.1. The van der Waals surface area contributed by atoms with Crippen LogP contribution in [0, 0.1) is 0 Å². The van der Waals surface area contributed by atoms with Crippen LogP contribution in [0.25, 0.3) is 0 Å². The molecule has 2 N–H and O–H groups in total. The molecule has 1 heterocycles.